The highest BCUT2D eigenvalue weighted by Gasteiger charge is 2.37. The molecule has 2 aromatic carbocycles. The molecule has 0 unspecified atom stereocenters. The zero-order valence-electron chi connectivity index (χ0n) is 13.8. The average molecular weight is 361 g/mol. The molecule has 2 heterocycles. The van der Waals surface area contributed by atoms with Crippen molar-refractivity contribution in [2.24, 2.45) is 0 Å². The molecule has 27 heavy (non-hydrogen) atoms. The molecule has 0 fully saturated rings. The quantitative estimate of drug-likeness (QED) is 0.726. The molecule has 6 nitrogen and oxygen atoms in total. The number of nitrogens with one attached hydrogen (secondary N) is 1. The first-order valence-corrected chi connectivity index (χ1v) is 8.05. The first-order valence-electron chi connectivity index (χ1n) is 8.05. The Balaban J connectivity index is 1.60. The lowest BCUT2D eigenvalue weighted by molar-refractivity contribution is 0.0923. The summed E-state index contributed by atoms with van der Waals surface area (Å²) < 4.78 is 13.0. The maximum Gasteiger partial charge on any atom is 0.284 e. The minimum absolute atomic E-state index is 0.100. The number of imide groups is 1. The predicted molar refractivity (Wildman–Crippen MR) is 96.2 cm³/mol. The van der Waals surface area contributed by atoms with Crippen LogP contribution in [0.4, 0.5) is 15.8 Å². The summed E-state index contributed by atoms with van der Waals surface area (Å²) in [5.74, 6) is -1.85. The third-order valence-corrected chi connectivity index (χ3v) is 4.12. The van der Waals surface area contributed by atoms with Gasteiger partial charge in [0.15, 0.2) is 0 Å². The van der Waals surface area contributed by atoms with Crippen LogP contribution in [-0.4, -0.2) is 22.7 Å². The topological polar surface area (TPSA) is 79.4 Å². The van der Waals surface area contributed by atoms with E-state index in [9.17, 15) is 18.8 Å². The first-order chi connectivity index (χ1) is 13.0. The molecule has 0 saturated heterocycles. The molecule has 0 spiro atoms. The number of hydrogen-bond donors (Lipinski definition) is 1. The zero-order chi connectivity index (χ0) is 19.0. The van der Waals surface area contributed by atoms with Crippen molar-refractivity contribution in [1.29, 1.82) is 0 Å². The Bertz CT molecular complexity index is 1040. The monoisotopic (exact) mass is 361 g/mol. The van der Waals surface area contributed by atoms with Crippen molar-refractivity contribution in [1.82, 2.24) is 4.98 Å². The van der Waals surface area contributed by atoms with Gasteiger partial charge in [0.2, 0.25) is 0 Å². The van der Waals surface area contributed by atoms with Gasteiger partial charge in [-0.15, -0.1) is 0 Å². The Kier molecular flexibility index (Phi) is 3.97. The lowest BCUT2D eigenvalue weighted by Gasteiger charge is -2.15. The Morgan fingerprint density at radius 1 is 0.963 bits per heavy atom. The number of benzene rings is 2. The molecule has 132 valence electrons. The van der Waals surface area contributed by atoms with Crippen LogP contribution in [-0.2, 0) is 0 Å². The van der Waals surface area contributed by atoms with Crippen molar-refractivity contribution in [3.8, 4) is 0 Å². The van der Waals surface area contributed by atoms with Gasteiger partial charge in [0.05, 0.1) is 11.3 Å². The summed E-state index contributed by atoms with van der Waals surface area (Å²) in [6, 6.07) is 14.6. The minimum Gasteiger partial charge on any atom is -0.322 e. The second-order valence-corrected chi connectivity index (χ2v) is 5.86. The number of fused-ring (bicyclic) bond motifs is 1. The molecule has 7 heteroatoms. The van der Waals surface area contributed by atoms with Gasteiger partial charge in [-0.2, -0.15) is 0 Å². The number of hydrogen-bond acceptors (Lipinski definition) is 4. The van der Waals surface area contributed by atoms with Crippen LogP contribution >= 0.6 is 0 Å². The maximum atomic E-state index is 13.0. The van der Waals surface area contributed by atoms with Gasteiger partial charge >= 0.3 is 0 Å². The molecule has 0 aliphatic carbocycles. The SMILES string of the molecule is O=C(Nc1cccc(N2C(=O)c3cccnc3C2=O)c1)c1ccc(F)cc1. The van der Waals surface area contributed by atoms with Crippen LogP contribution in [0.2, 0.25) is 0 Å². The smallest absolute Gasteiger partial charge is 0.284 e. The van der Waals surface area contributed by atoms with Crippen molar-refractivity contribution in [3.05, 3.63) is 89.5 Å². The van der Waals surface area contributed by atoms with E-state index in [0.717, 1.165) is 4.90 Å². The van der Waals surface area contributed by atoms with Gasteiger partial charge in [0.1, 0.15) is 11.5 Å². The summed E-state index contributed by atoms with van der Waals surface area (Å²) in [6.07, 6.45) is 1.45. The van der Waals surface area contributed by atoms with Gasteiger partial charge in [-0.3, -0.25) is 19.4 Å². The summed E-state index contributed by atoms with van der Waals surface area (Å²) in [5.41, 5.74) is 1.34. The highest BCUT2D eigenvalue weighted by atomic mass is 19.1. The molecule has 3 aromatic rings. The highest BCUT2D eigenvalue weighted by Crippen LogP contribution is 2.28. The van der Waals surface area contributed by atoms with Gasteiger partial charge < -0.3 is 5.32 Å². The number of nitrogens with zero attached hydrogens (tertiary/aromatic N) is 2. The van der Waals surface area contributed by atoms with E-state index >= 15 is 0 Å². The van der Waals surface area contributed by atoms with Crippen molar-refractivity contribution in [3.63, 3.8) is 0 Å². The number of anilines is 2. The van der Waals surface area contributed by atoms with Crippen LogP contribution in [0.1, 0.15) is 31.2 Å². The molecule has 1 N–H and O–H groups in total. The van der Waals surface area contributed by atoms with Crippen LogP contribution in [0.25, 0.3) is 0 Å². The molecule has 0 saturated carbocycles. The number of pyridine rings is 1. The minimum atomic E-state index is -0.516. The molecule has 4 rings (SSSR count). The Morgan fingerprint density at radius 2 is 1.74 bits per heavy atom. The molecule has 1 aromatic heterocycles. The summed E-state index contributed by atoms with van der Waals surface area (Å²) in [7, 11) is 0. The summed E-state index contributed by atoms with van der Waals surface area (Å²) in [6.45, 7) is 0. The molecule has 3 amide bonds. The molecular weight excluding hydrogens is 349 g/mol. The predicted octanol–water partition coefficient (Wildman–Crippen LogP) is 3.27. The summed E-state index contributed by atoms with van der Waals surface area (Å²) in [4.78, 5) is 42.3. The number of amides is 3. The fourth-order valence-electron chi connectivity index (χ4n) is 2.83. The maximum absolute atomic E-state index is 13.0. The van der Waals surface area contributed by atoms with Crippen molar-refractivity contribution in [2.45, 2.75) is 0 Å². The lowest BCUT2D eigenvalue weighted by atomic mass is 10.2. The standard InChI is InChI=1S/C20H12FN3O3/c21-13-8-6-12(7-9-13)18(25)23-14-3-1-4-15(11-14)24-19(26)16-5-2-10-22-17(16)20(24)27/h1-11H,(H,23,25). The van der Waals surface area contributed by atoms with Gasteiger partial charge in [-0.05, 0) is 54.6 Å². The van der Waals surface area contributed by atoms with Crippen molar-refractivity contribution < 1.29 is 18.8 Å². The van der Waals surface area contributed by atoms with Crippen LogP contribution in [0.15, 0.2) is 66.9 Å². The van der Waals surface area contributed by atoms with E-state index in [4.69, 9.17) is 0 Å². The normalized spacial score (nSPS) is 12.9. The second-order valence-electron chi connectivity index (χ2n) is 5.86. The highest BCUT2D eigenvalue weighted by molar-refractivity contribution is 6.33. The summed E-state index contributed by atoms with van der Waals surface area (Å²) >= 11 is 0. The first kappa shape index (κ1) is 16.6. The van der Waals surface area contributed by atoms with Gasteiger partial charge in [0, 0.05) is 17.4 Å². The fraction of sp³-hybridized carbons (Fsp3) is 0. The molecule has 1 aliphatic heterocycles. The van der Waals surface area contributed by atoms with Gasteiger partial charge in [0.25, 0.3) is 17.7 Å². The Hall–Kier alpha value is -3.87. The Morgan fingerprint density at radius 3 is 2.48 bits per heavy atom. The van der Waals surface area contributed by atoms with Crippen LogP contribution < -0.4 is 10.2 Å². The second kappa shape index (κ2) is 6.45. The van der Waals surface area contributed by atoms with E-state index in [1.807, 2.05) is 0 Å². The molecular formula is C20H12FN3O3. The summed E-state index contributed by atoms with van der Waals surface area (Å²) in [5, 5.41) is 2.67. The van der Waals surface area contributed by atoms with Gasteiger partial charge in [-0.25, -0.2) is 9.29 Å². The molecule has 0 radical (unpaired) electrons. The largest absolute Gasteiger partial charge is 0.322 e. The van der Waals surface area contributed by atoms with E-state index < -0.39 is 23.5 Å². The van der Waals surface area contributed by atoms with Crippen molar-refractivity contribution >= 4 is 29.1 Å². The molecule has 0 atom stereocenters. The Labute approximate surface area is 153 Å². The average Bonchev–Trinajstić information content (AvgIpc) is 2.93. The van der Waals surface area contributed by atoms with Gasteiger partial charge in [-0.1, -0.05) is 6.07 Å². The third kappa shape index (κ3) is 2.95. The lowest BCUT2D eigenvalue weighted by Crippen LogP contribution is -2.29. The number of halogens is 1. The van der Waals surface area contributed by atoms with Crippen LogP contribution in [0, 0.1) is 5.82 Å². The molecule has 1 aliphatic rings. The number of carbonyl (C=O) groups is 3. The van der Waals surface area contributed by atoms with E-state index in [0.29, 0.717) is 11.4 Å². The number of aromatic nitrogens is 1. The number of carbonyl (C=O) groups excluding carboxylic acids is 3. The zero-order valence-corrected chi connectivity index (χ0v) is 13.8. The van der Waals surface area contributed by atoms with E-state index in [1.54, 1.807) is 30.3 Å². The van der Waals surface area contributed by atoms with E-state index in [-0.39, 0.29) is 16.8 Å². The van der Waals surface area contributed by atoms with Crippen LogP contribution in [0.3, 0.4) is 0 Å². The van der Waals surface area contributed by atoms with Crippen molar-refractivity contribution in [2.75, 3.05) is 10.2 Å². The van der Waals surface area contributed by atoms with E-state index in [1.165, 1.54) is 36.5 Å². The third-order valence-electron chi connectivity index (χ3n) is 4.12. The van der Waals surface area contributed by atoms with Crippen LogP contribution in [0.5, 0.6) is 0 Å². The fourth-order valence-corrected chi connectivity index (χ4v) is 2.83. The number of rotatable bonds is 3. The molecule has 0 bridgehead atoms. The van der Waals surface area contributed by atoms with E-state index in [2.05, 4.69) is 10.3 Å².